The SMILES string of the molecule is [2H]Cc1ccc(N)cc1N. The third-order valence-electron chi connectivity index (χ3n) is 1.17. The Morgan fingerprint density at radius 2 is 2.22 bits per heavy atom. The summed E-state index contributed by atoms with van der Waals surface area (Å²) in [7, 11) is 0. The molecular formula is C7H10N2. The third-order valence-corrected chi connectivity index (χ3v) is 1.17. The van der Waals surface area contributed by atoms with Crippen molar-refractivity contribution < 1.29 is 1.37 Å². The van der Waals surface area contributed by atoms with E-state index in [0.717, 1.165) is 5.56 Å². The monoisotopic (exact) mass is 123 g/mol. The van der Waals surface area contributed by atoms with Gasteiger partial charge in [0.15, 0.2) is 0 Å². The van der Waals surface area contributed by atoms with Gasteiger partial charge >= 0.3 is 0 Å². The Morgan fingerprint density at radius 1 is 1.44 bits per heavy atom. The number of nitrogens with two attached hydrogens (primary N) is 2. The topological polar surface area (TPSA) is 52.0 Å². The van der Waals surface area contributed by atoms with E-state index in [4.69, 9.17) is 12.8 Å². The van der Waals surface area contributed by atoms with Crippen LogP contribution in [-0.2, 0) is 0 Å². The van der Waals surface area contributed by atoms with Gasteiger partial charge in [-0.15, -0.1) is 0 Å². The molecule has 1 rings (SSSR count). The number of rotatable bonds is 0. The molecule has 0 aromatic heterocycles. The number of hydrogen-bond donors (Lipinski definition) is 2. The van der Waals surface area contributed by atoms with Crippen molar-refractivity contribution in [1.29, 1.82) is 0 Å². The molecule has 48 valence electrons. The van der Waals surface area contributed by atoms with E-state index in [1.165, 1.54) is 0 Å². The highest BCUT2D eigenvalue weighted by molar-refractivity contribution is 5.55. The summed E-state index contributed by atoms with van der Waals surface area (Å²) < 4.78 is 7.03. The fourth-order valence-corrected chi connectivity index (χ4v) is 0.613. The van der Waals surface area contributed by atoms with Gasteiger partial charge in [0, 0.05) is 12.7 Å². The Labute approximate surface area is 55.9 Å². The largest absolute Gasteiger partial charge is 0.399 e. The van der Waals surface area contributed by atoms with Gasteiger partial charge in [-0.2, -0.15) is 0 Å². The Morgan fingerprint density at radius 3 is 2.78 bits per heavy atom. The van der Waals surface area contributed by atoms with E-state index in [0.29, 0.717) is 11.4 Å². The van der Waals surface area contributed by atoms with Gasteiger partial charge in [0.1, 0.15) is 0 Å². The number of aryl methyl sites for hydroxylation is 1. The summed E-state index contributed by atoms with van der Waals surface area (Å²) in [5.41, 5.74) is 13.1. The third kappa shape index (κ3) is 1.13. The summed E-state index contributed by atoms with van der Waals surface area (Å²) in [5, 5.41) is 0. The zero-order valence-corrected chi connectivity index (χ0v) is 5.09. The van der Waals surface area contributed by atoms with E-state index in [2.05, 4.69) is 0 Å². The van der Waals surface area contributed by atoms with Gasteiger partial charge in [0.25, 0.3) is 0 Å². The van der Waals surface area contributed by atoms with Crippen molar-refractivity contribution in [3.05, 3.63) is 23.8 Å². The summed E-state index contributed by atoms with van der Waals surface area (Å²) >= 11 is 0. The zero-order chi connectivity index (χ0) is 7.56. The second-order valence-corrected chi connectivity index (χ2v) is 1.96. The van der Waals surface area contributed by atoms with Gasteiger partial charge in [-0.25, -0.2) is 0 Å². The van der Waals surface area contributed by atoms with Gasteiger partial charge in [0.2, 0.25) is 0 Å². The minimum atomic E-state index is 0.214. The van der Waals surface area contributed by atoms with Crippen molar-refractivity contribution >= 4 is 11.4 Å². The second-order valence-electron chi connectivity index (χ2n) is 1.96. The molecule has 0 radical (unpaired) electrons. The van der Waals surface area contributed by atoms with Crippen LogP contribution in [0.1, 0.15) is 6.93 Å². The number of nitrogen functional groups attached to an aromatic ring is 2. The number of anilines is 2. The van der Waals surface area contributed by atoms with E-state index in [1.54, 1.807) is 18.2 Å². The average Bonchev–Trinajstić information content (AvgIpc) is 1.88. The van der Waals surface area contributed by atoms with Gasteiger partial charge in [-0.1, -0.05) is 6.07 Å². The molecule has 2 heteroatoms. The lowest BCUT2D eigenvalue weighted by molar-refractivity contribution is 1.47. The number of benzene rings is 1. The van der Waals surface area contributed by atoms with Crippen LogP contribution in [0.15, 0.2) is 18.2 Å². The predicted molar refractivity (Wildman–Crippen MR) is 40.0 cm³/mol. The predicted octanol–water partition coefficient (Wildman–Crippen LogP) is 1.16. The van der Waals surface area contributed by atoms with E-state index < -0.39 is 0 Å². The second kappa shape index (κ2) is 1.97. The highest BCUT2D eigenvalue weighted by atomic mass is 14.6. The van der Waals surface area contributed by atoms with Crippen LogP contribution in [0.4, 0.5) is 11.4 Å². The molecule has 1 aromatic rings. The van der Waals surface area contributed by atoms with Crippen LogP contribution >= 0.6 is 0 Å². The lowest BCUT2D eigenvalue weighted by Gasteiger charge is -1.98. The molecule has 0 amide bonds. The molecule has 1 aromatic carbocycles. The molecule has 0 heterocycles. The quantitative estimate of drug-likeness (QED) is 0.508. The molecule has 0 unspecified atom stereocenters. The van der Waals surface area contributed by atoms with Crippen LogP contribution in [0.3, 0.4) is 0 Å². The molecule has 4 N–H and O–H groups in total. The van der Waals surface area contributed by atoms with E-state index in [-0.39, 0.29) is 6.90 Å². The van der Waals surface area contributed by atoms with E-state index >= 15 is 0 Å². The molecule has 0 saturated heterocycles. The average molecular weight is 123 g/mol. The molecule has 0 spiro atoms. The highest BCUT2D eigenvalue weighted by Gasteiger charge is 1.90. The first-order valence-corrected chi connectivity index (χ1v) is 2.67. The van der Waals surface area contributed by atoms with Crippen molar-refractivity contribution in [2.75, 3.05) is 11.5 Å². The maximum absolute atomic E-state index is 7.03. The van der Waals surface area contributed by atoms with Crippen LogP contribution < -0.4 is 11.5 Å². The summed E-state index contributed by atoms with van der Waals surface area (Å²) in [4.78, 5) is 0. The fraction of sp³-hybridized carbons (Fsp3) is 0.143. The number of hydrogen-bond acceptors (Lipinski definition) is 2. The summed E-state index contributed by atoms with van der Waals surface area (Å²) in [6.45, 7) is 0.214. The first kappa shape index (κ1) is 4.68. The van der Waals surface area contributed by atoms with Gasteiger partial charge in [-0.05, 0) is 24.6 Å². The van der Waals surface area contributed by atoms with Crippen molar-refractivity contribution in [3.8, 4) is 0 Å². The Bertz CT molecular complexity index is 235. The van der Waals surface area contributed by atoms with Crippen molar-refractivity contribution in [3.63, 3.8) is 0 Å². The maximum Gasteiger partial charge on any atom is 0.0364 e. The van der Waals surface area contributed by atoms with Crippen LogP contribution in [-0.4, -0.2) is 0 Å². The van der Waals surface area contributed by atoms with Crippen LogP contribution in [0.5, 0.6) is 0 Å². The summed E-state index contributed by atoms with van der Waals surface area (Å²) in [6.07, 6.45) is 0. The first-order chi connectivity index (χ1) is 4.74. The molecule has 0 aliphatic rings. The normalized spacial score (nSPS) is 10.9. The molecule has 0 aliphatic heterocycles. The zero-order valence-electron chi connectivity index (χ0n) is 6.09. The van der Waals surface area contributed by atoms with Crippen molar-refractivity contribution in [2.24, 2.45) is 0 Å². The maximum atomic E-state index is 7.03. The highest BCUT2D eigenvalue weighted by Crippen LogP contribution is 2.13. The molecule has 0 aliphatic carbocycles. The molecule has 0 atom stereocenters. The van der Waals surface area contributed by atoms with Gasteiger partial charge in [-0.3, -0.25) is 0 Å². The van der Waals surface area contributed by atoms with Crippen LogP contribution in [0, 0.1) is 6.90 Å². The molecule has 9 heavy (non-hydrogen) atoms. The summed E-state index contributed by atoms with van der Waals surface area (Å²) in [6, 6.07) is 5.20. The minimum absolute atomic E-state index is 0.214. The molecule has 0 bridgehead atoms. The molecule has 0 fully saturated rings. The Balaban J connectivity index is 3.07. The smallest absolute Gasteiger partial charge is 0.0364 e. The first-order valence-electron chi connectivity index (χ1n) is 3.38. The van der Waals surface area contributed by atoms with Gasteiger partial charge < -0.3 is 11.5 Å². The molecular weight excluding hydrogens is 112 g/mol. The Kier molecular flexibility index (Phi) is 1.03. The Hall–Kier alpha value is -1.18. The minimum Gasteiger partial charge on any atom is -0.399 e. The van der Waals surface area contributed by atoms with E-state index in [9.17, 15) is 0 Å². The molecule has 0 saturated carbocycles. The lowest BCUT2D eigenvalue weighted by Crippen LogP contribution is -1.91. The summed E-state index contributed by atoms with van der Waals surface area (Å²) in [5.74, 6) is 0. The molecule has 2 nitrogen and oxygen atoms in total. The lowest BCUT2D eigenvalue weighted by atomic mass is 10.2. The van der Waals surface area contributed by atoms with E-state index in [1.807, 2.05) is 0 Å². The van der Waals surface area contributed by atoms with Gasteiger partial charge in [0.05, 0.1) is 0 Å². The fourth-order valence-electron chi connectivity index (χ4n) is 0.613. The van der Waals surface area contributed by atoms with Crippen LogP contribution in [0.25, 0.3) is 0 Å². The van der Waals surface area contributed by atoms with Crippen LogP contribution in [0.2, 0.25) is 0 Å². The van der Waals surface area contributed by atoms with Crippen molar-refractivity contribution in [1.82, 2.24) is 0 Å². The standard InChI is InChI=1S/C7H10N2/c1-5-2-3-6(8)4-7(5)9/h2-4H,8-9H2,1H3/i1D. The van der Waals surface area contributed by atoms with Crippen molar-refractivity contribution in [2.45, 2.75) is 6.90 Å².